The minimum absolute atomic E-state index is 0.00339. The van der Waals surface area contributed by atoms with Gasteiger partial charge in [-0.1, -0.05) is 55.8 Å². The Hall–Kier alpha value is -4.10. The Morgan fingerprint density at radius 2 is 1.62 bits per heavy atom. The molecule has 0 fully saturated rings. The van der Waals surface area contributed by atoms with E-state index in [2.05, 4.69) is 24.5 Å². The molecule has 37 heavy (non-hydrogen) atoms. The molecular weight excluding hydrogens is 490 g/mol. The van der Waals surface area contributed by atoms with Gasteiger partial charge in [0.05, 0.1) is 18.7 Å². The minimum Gasteiger partial charge on any atom is -0.494 e. The molecule has 0 spiro atoms. The Bertz CT molecular complexity index is 1350. The summed E-state index contributed by atoms with van der Waals surface area (Å²) in [5.74, 6) is -0.346. The quantitative estimate of drug-likeness (QED) is 0.349. The summed E-state index contributed by atoms with van der Waals surface area (Å²) in [6.07, 6.45) is 0.194. The molecule has 0 saturated heterocycles. The van der Waals surface area contributed by atoms with Gasteiger partial charge in [-0.3, -0.25) is 14.4 Å². The number of nitrogens with zero attached hydrogens (tertiary/aromatic N) is 1. The van der Waals surface area contributed by atoms with Crippen LogP contribution in [0, 0.1) is 0 Å². The summed E-state index contributed by atoms with van der Waals surface area (Å²) in [5.41, 5.74) is 3.65. The number of carbonyl (C=O) groups is 3. The van der Waals surface area contributed by atoms with Gasteiger partial charge in [-0.25, -0.2) is 4.90 Å². The molecule has 4 rings (SSSR count). The van der Waals surface area contributed by atoms with E-state index >= 15 is 0 Å². The number of benzene rings is 3. The Balaban J connectivity index is 1.41. The van der Waals surface area contributed by atoms with E-state index in [1.807, 2.05) is 31.2 Å². The molecule has 3 amide bonds. The lowest BCUT2D eigenvalue weighted by atomic mass is 10.0. The van der Waals surface area contributed by atoms with Gasteiger partial charge >= 0.3 is 0 Å². The van der Waals surface area contributed by atoms with Crippen LogP contribution in [0.5, 0.6) is 5.75 Å². The fourth-order valence-corrected chi connectivity index (χ4v) is 4.26. The number of hydrogen-bond donors (Lipinski definition) is 2. The zero-order valence-corrected chi connectivity index (χ0v) is 21.6. The van der Waals surface area contributed by atoms with Crippen LogP contribution < -0.4 is 20.3 Å². The maximum Gasteiger partial charge on any atom is 0.283 e. The molecule has 8 heteroatoms. The standard InChI is InChI=1S/C29H28ClN3O4/c1-4-37-22-15-13-21(14-16-22)33-28(35)26(30)27(29(33)36)31-20-11-9-19(10-12-20)17-25(34)32-24-8-6-5-7-23(24)18(2)3/h5-16,18,31H,4,17H2,1-3H3,(H,32,34). The Labute approximate surface area is 221 Å². The molecule has 0 aliphatic carbocycles. The first kappa shape index (κ1) is 26.0. The maximum atomic E-state index is 13.0. The number of halogens is 1. The zero-order valence-electron chi connectivity index (χ0n) is 20.9. The molecule has 7 nitrogen and oxygen atoms in total. The molecule has 1 aliphatic heterocycles. The number of imide groups is 1. The van der Waals surface area contributed by atoms with Crippen LogP contribution >= 0.6 is 11.6 Å². The van der Waals surface area contributed by atoms with Crippen LogP contribution in [0.15, 0.2) is 83.5 Å². The number of anilines is 3. The van der Waals surface area contributed by atoms with Crippen molar-refractivity contribution < 1.29 is 19.1 Å². The lowest BCUT2D eigenvalue weighted by Gasteiger charge is -2.16. The predicted molar refractivity (Wildman–Crippen MR) is 146 cm³/mol. The van der Waals surface area contributed by atoms with Gasteiger partial charge in [0.15, 0.2) is 0 Å². The van der Waals surface area contributed by atoms with Crippen molar-refractivity contribution in [2.45, 2.75) is 33.1 Å². The number of carbonyl (C=O) groups excluding carboxylic acids is 3. The summed E-state index contributed by atoms with van der Waals surface area (Å²) in [4.78, 5) is 39.4. The summed E-state index contributed by atoms with van der Waals surface area (Å²) in [6.45, 7) is 6.55. The Morgan fingerprint density at radius 3 is 2.27 bits per heavy atom. The highest BCUT2D eigenvalue weighted by Gasteiger charge is 2.39. The van der Waals surface area contributed by atoms with Crippen molar-refractivity contribution >= 4 is 46.4 Å². The summed E-state index contributed by atoms with van der Waals surface area (Å²) < 4.78 is 5.41. The number of amides is 3. The van der Waals surface area contributed by atoms with Crippen LogP contribution in [0.3, 0.4) is 0 Å². The first-order chi connectivity index (χ1) is 17.8. The third kappa shape index (κ3) is 5.84. The molecule has 0 bridgehead atoms. The average molecular weight is 518 g/mol. The van der Waals surface area contributed by atoms with Crippen molar-refractivity contribution in [2.75, 3.05) is 22.1 Å². The number of hydrogen-bond acceptors (Lipinski definition) is 5. The van der Waals surface area contributed by atoms with Crippen LogP contribution in [-0.4, -0.2) is 24.3 Å². The molecular formula is C29H28ClN3O4. The van der Waals surface area contributed by atoms with Crippen LogP contribution in [0.1, 0.15) is 37.8 Å². The van der Waals surface area contributed by atoms with Gasteiger partial charge in [0, 0.05) is 11.4 Å². The third-order valence-corrected chi connectivity index (χ3v) is 6.23. The molecule has 190 valence electrons. The molecule has 3 aromatic rings. The Morgan fingerprint density at radius 1 is 0.946 bits per heavy atom. The molecule has 0 aromatic heterocycles. The highest BCUT2D eigenvalue weighted by atomic mass is 35.5. The third-order valence-electron chi connectivity index (χ3n) is 5.88. The highest BCUT2D eigenvalue weighted by Crippen LogP contribution is 2.31. The van der Waals surface area contributed by atoms with E-state index in [0.717, 1.165) is 21.7 Å². The van der Waals surface area contributed by atoms with E-state index in [0.29, 0.717) is 29.6 Å². The topological polar surface area (TPSA) is 87.7 Å². The summed E-state index contributed by atoms with van der Waals surface area (Å²) in [6, 6.07) is 21.4. The van der Waals surface area contributed by atoms with Gasteiger partial charge in [0.25, 0.3) is 11.8 Å². The van der Waals surface area contributed by atoms with Gasteiger partial charge < -0.3 is 15.4 Å². The second-order valence-corrected chi connectivity index (χ2v) is 9.23. The number of rotatable bonds is 9. The Kier molecular flexibility index (Phi) is 7.94. The lowest BCUT2D eigenvalue weighted by Crippen LogP contribution is -2.32. The van der Waals surface area contributed by atoms with Crippen molar-refractivity contribution in [2.24, 2.45) is 0 Å². The molecule has 3 aromatic carbocycles. The molecule has 1 aliphatic rings. The summed E-state index contributed by atoms with van der Waals surface area (Å²) in [5, 5.41) is 5.75. The van der Waals surface area contributed by atoms with Crippen LogP contribution in [0.4, 0.5) is 17.1 Å². The molecule has 2 N–H and O–H groups in total. The SMILES string of the molecule is CCOc1ccc(N2C(=O)C(Cl)=C(Nc3ccc(CC(=O)Nc4ccccc4C(C)C)cc3)C2=O)cc1. The molecule has 0 unspecified atom stereocenters. The van der Waals surface area contributed by atoms with Crippen molar-refractivity contribution in [3.63, 3.8) is 0 Å². The average Bonchev–Trinajstić information content (AvgIpc) is 3.09. The van der Waals surface area contributed by atoms with Crippen molar-refractivity contribution in [1.82, 2.24) is 0 Å². The van der Waals surface area contributed by atoms with E-state index in [9.17, 15) is 14.4 Å². The van der Waals surface area contributed by atoms with Gasteiger partial charge in [-0.05, 0) is 66.4 Å². The van der Waals surface area contributed by atoms with Gasteiger partial charge in [0.1, 0.15) is 16.5 Å². The van der Waals surface area contributed by atoms with Gasteiger partial charge in [-0.2, -0.15) is 0 Å². The highest BCUT2D eigenvalue weighted by molar-refractivity contribution is 6.53. The van der Waals surface area contributed by atoms with Crippen LogP contribution in [0.25, 0.3) is 0 Å². The largest absolute Gasteiger partial charge is 0.494 e. The van der Waals surface area contributed by atoms with Gasteiger partial charge in [0.2, 0.25) is 5.91 Å². The molecule has 1 heterocycles. The van der Waals surface area contributed by atoms with Crippen LogP contribution in [-0.2, 0) is 20.8 Å². The fraction of sp³-hybridized carbons (Fsp3) is 0.207. The van der Waals surface area contributed by atoms with E-state index in [4.69, 9.17) is 16.3 Å². The van der Waals surface area contributed by atoms with Crippen LogP contribution in [0.2, 0.25) is 0 Å². The second-order valence-electron chi connectivity index (χ2n) is 8.85. The zero-order chi connectivity index (χ0) is 26.5. The normalized spacial score (nSPS) is 13.4. The number of nitrogens with one attached hydrogen (secondary N) is 2. The first-order valence-corrected chi connectivity index (χ1v) is 12.4. The first-order valence-electron chi connectivity index (χ1n) is 12.0. The number of para-hydroxylation sites is 1. The fourth-order valence-electron chi connectivity index (χ4n) is 4.05. The maximum absolute atomic E-state index is 13.0. The van der Waals surface area contributed by atoms with E-state index < -0.39 is 11.8 Å². The monoisotopic (exact) mass is 517 g/mol. The predicted octanol–water partition coefficient (Wildman–Crippen LogP) is 5.83. The van der Waals surface area contributed by atoms with Crippen molar-refractivity contribution in [3.8, 4) is 5.75 Å². The lowest BCUT2D eigenvalue weighted by molar-refractivity contribution is -0.120. The van der Waals surface area contributed by atoms with Crippen molar-refractivity contribution in [3.05, 3.63) is 94.7 Å². The molecule has 0 radical (unpaired) electrons. The number of ether oxygens (including phenoxy) is 1. The van der Waals surface area contributed by atoms with Crippen molar-refractivity contribution in [1.29, 1.82) is 0 Å². The minimum atomic E-state index is -0.603. The summed E-state index contributed by atoms with van der Waals surface area (Å²) >= 11 is 6.24. The summed E-state index contributed by atoms with van der Waals surface area (Å²) in [7, 11) is 0. The van der Waals surface area contributed by atoms with E-state index in [-0.39, 0.29) is 23.1 Å². The smallest absolute Gasteiger partial charge is 0.283 e. The molecule has 0 atom stereocenters. The molecule has 0 saturated carbocycles. The second kappa shape index (κ2) is 11.3. The van der Waals surface area contributed by atoms with Gasteiger partial charge in [-0.15, -0.1) is 0 Å². The van der Waals surface area contributed by atoms with E-state index in [1.54, 1.807) is 48.5 Å². The van der Waals surface area contributed by atoms with E-state index in [1.165, 1.54) is 0 Å².